The minimum Gasteiger partial charge on any atom is -0.342 e. The third-order valence-electron chi connectivity index (χ3n) is 4.94. The number of amides is 1. The minimum atomic E-state index is 0.198. The number of likely N-dealkylation sites (tertiary alicyclic amines) is 1. The SMILES string of the molecule is O=C(Cc1ccc2ccccc2c1)N1CCC[C@@H](c2cnccn2)C1. The van der Waals surface area contributed by atoms with Gasteiger partial charge in [-0.2, -0.15) is 0 Å². The number of fused-ring (bicyclic) bond motifs is 1. The van der Waals surface area contributed by atoms with Crippen molar-refractivity contribution >= 4 is 16.7 Å². The summed E-state index contributed by atoms with van der Waals surface area (Å²) in [6.07, 6.45) is 7.78. The lowest BCUT2D eigenvalue weighted by Gasteiger charge is -2.32. The molecule has 25 heavy (non-hydrogen) atoms. The number of hydrogen-bond donors (Lipinski definition) is 0. The highest BCUT2D eigenvalue weighted by Crippen LogP contribution is 2.25. The second-order valence-corrected chi connectivity index (χ2v) is 6.67. The first-order chi connectivity index (χ1) is 12.3. The van der Waals surface area contributed by atoms with Crippen molar-refractivity contribution in [3.63, 3.8) is 0 Å². The Kier molecular flexibility index (Phi) is 4.42. The van der Waals surface area contributed by atoms with Crippen LogP contribution in [0, 0.1) is 0 Å². The van der Waals surface area contributed by atoms with E-state index in [1.54, 1.807) is 12.4 Å². The average molecular weight is 331 g/mol. The Labute approximate surface area is 147 Å². The van der Waals surface area contributed by atoms with Gasteiger partial charge in [0, 0.05) is 37.6 Å². The number of carbonyl (C=O) groups is 1. The Bertz CT molecular complexity index is 878. The lowest BCUT2D eigenvalue weighted by atomic mass is 9.94. The van der Waals surface area contributed by atoms with Crippen LogP contribution in [0.5, 0.6) is 0 Å². The van der Waals surface area contributed by atoms with Crippen molar-refractivity contribution in [3.05, 3.63) is 72.3 Å². The third kappa shape index (κ3) is 3.53. The van der Waals surface area contributed by atoms with Gasteiger partial charge < -0.3 is 4.90 Å². The first kappa shape index (κ1) is 15.8. The van der Waals surface area contributed by atoms with E-state index in [2.05, 4.69) is 40.3 Å². The molecule has 0 bridgehead atoms. The lowest BCUT2D eigenvalue weighted by Crippen LogP contribution is -2.40. The van der Waals surface area contributed by atoms with Crippen LogP contribution in [0.1, 0.15) is 30.0 Å². The second kappa shape index (κ2) is 7.01. The molecule has 2 aromatic carbocycles. The Morgan fingerprint density at radius 1 is 1.12 bits per heavy atom. The van der Waals surface area contributed by atoms with Crippen LogP contribution in [-0.2, 0) is 11.2 Å². The van der Waals surface area contributed by atoms with Crippen molar-refractivity contribution in [1.29, 1.82) is 0 Å². The average Bonchev–Trinajstić information content (AvgIpc) is 2.69. The van der Waals surface area contributed by atoms with Crippen molar-refractivity contribution in [1.82, 2.24) is 14.9 Å². The molecule has 1 fully saturated rings. The van der Waals surface area contributed by atoms with Gasteiger partial charge in [-0.25, -0.2) is 0 Å². The molecule has 1 aliphatic heterocycles. The Morgan fingerprint density at radius 2 is 2.00 bits per heavy atom. The van der Waals surface area contributed by atoms with Crippen LogP contribution in [0.25, 0.3) is 10.8 Å². The summed E-state index contributed by atoms with van der Waals surface area (Å²) < 4.78 is 0. The maximum Gasteiger partial charge on any atom is 0.227 e. The summed E-state index contributed by atoms with van der Waals surface area (Å²) in [5.74, 6) is 0.492. The fourth-order valence-corrected chi connectivity index (χ4v) is 3.60. The topological polar surface area (TPSA) is 46.1 Å². The fourth-order valence-electron chi connectivity index (χ4n) is 3.60. The van der Waals surface area contributed by atoms with E-state index in [1.807, 2.05) is 23.2 Å². The summed E-state index contributed by atoms with van der Waals surface area (Å²) in [6.45, 7) is 1.58. The van der Waals surface area contributed by atoms with E-state index in [1.165, 1.54) is 10.8 Å². The smallest absolute Gasteiger partial charge is 0.227 e. The van der Waals surface area contributed by atoms with Gasteiger partial charge in [0.05, 0.1) is 12.1 Å². The summed E-state index contributed by atoms with van der Waals surface area (Å²) in [6, 6.07) is 14.5. The van der Waals surface area contributed by atoms with Crippen molar-refractivity contribution in [2.75, 3.05) is 13.1 Å². The Balaban J connectivity index is 1.46. The van der Waals surface area contributed by atoms with Gasteiger partial charge in [0.1, 0.15) is 0 Å². The van der Waals surface area contributed by atoms with Gasteiger partial charge in [0.25, 0.3) is 0 Å². The highest BCUT2D eigenvalue weighted by atomic mass is 16.2. The molecule has 0 unspecified atom stereocenters. The number of benzene rings is 2. The number of aromatic nitrogens is 2. The molecule has 4 rings (SSSR count). The maximum atomic E-state index is 12.8. The first-order valence-electron chi connectivity index (χ1n) is 8.81. The maximum absolute atomic E-state index is 12.8. The minimum absolute atomic E-state index is 0.198. The van der Waals surface area contributed by atoms with E-state index in [4.69, 9.17) is 0 Å². The Morgan fingerprint density at radius 3 is 2.84 bits per heavy atom. The van der Waals surface area contributed by atoms with Crippen LogP contribution in [0.15, 0.2) is 61.1 Å². The molecule has 1 aliphatic rings. The number of carbonyl (C=O) groups excluding carboxylic acids is 1. The van der Waals surface area contributed by atoms with E-state index in [9.17, 15) is 4.79 Å². The predicted molar refractivity (Wildman–Crippen MR) is 98.2 cm³/mol. The van der Waals surface area contributed by atoms with Gasteiger partial charge in [0.15, 0.2) is 0 Å². The molecule has 2 heterocycles. The van der Waals surface area contributed by atoms with Gasteiger partial charge in [-0.3, -0.25) is 14.8 Å². The van der Waals surface area contributed by atoms with Crippen LogP contribution >= 0.6 is 0 Å². The zero-order valence-electron chi connectivity index (χ0n) is 14.1. The summed E-state index contributed by atoms with van der Waals surface area (Å²) in [7, 11) is 0. The highest BCUT2D eigenvalue weighted by molar-refractivity contribution is 5.85. The second-order valence-electron chi connectivity index (χ2n) is 6.67. The molecule has 126 valence electrons. The molecule has 0 saturated carbocycles. The molecular weight excluding hydrogens is 310 g/mol. The first-order valence-corrected chi connectivity index (χ1v) is 8.81. The van der Waals surface area contributed by atoms with Gasteiger partial charge in [-0.1, -0.05) is 42.5 Å². The zero-order chi connectivity index (χ0) is 17.1. The number of rotatable bonds is 3. The zero-order valence-corrected chi connectivity index (χ0v) is 14.1. The summed E-state index contributed by atoms with van der Waals surface area (Å²) in [5, 5.41) is 2.39. The monoisotopic (exact) mass is 331 g/mol. The van der Waals surface area contributed by atoms with Gasteiger partial charge in [-0.05, 0) is 29.2 Å². The molecule has 3 aromatic rings. The van der Waals surface area contributed by atoms with Gasteiger partial charge in [0.2, 0.25) is 5.91 Å². The van der Waals surface area contributed by atoms with Crippen molar-refractivity contribution in [2.24, 2.45) is 0 Å². The summed E-state index contributed by atoms with van der Waals surface area (Å²) in [4.78, 5) is 23.3. The van der Waals surface area contributed by atoms with Crippen molar-refractivity contribution in [2.45, 2.75) is 25.2 Å². The highest BCUT2D eigenvalue weighted by Gasteiger charge is 2.25. The molecular formula is C21H21N3O. The van der Waals surface area contributed by atoms with Crippen LogP contribution in [-0.4, -0.2) is 33.9 Å². The molecule has 1 aromatic heterocycles. The van der Waals surface area contributed by atoms with E-state index in [0.717, 1.165) is 37.2 Å². The molecule has 0 radical (unpaired) electrons. The van der Waals surface area contributed by atoms with E-state index < -0.39 is 0 Å². The molecule has 4 nitrogen and oxygen atoms in total. The van der Waals surface area contributed by atoms with E-state index in [0.29, 0.717) is 12.3 Å². The lowest BCUT2D eigenvalue weighted by molar-refractivity contribution is -0.131. The number of hydrogen-bond acceptors (Lipinski definition) is 3. The van der Waals surface area contributed by atoms with Crippen LogP contribution in [0.4, 0.5) is 0 Å². The molecule has 1 saturated heterocycles. The largest absolute Gasteiger partial charge is 0.342 e. The summed E-state index contributed by atoms with van der Waals surface area (Å²) in [5.41, 5.74) is 2.07. The molecule has 0 spiro atoms. The number of piperidine rings is 1. The molecule has 4 heteroatoms. The molecule has 1 atom stereocenters. The molecule has 0 N–H and O–H groups in total. The van der Waals surface area contributed by atoms with Crippen LogP contribution in [0.3, 0.4) is 0 Å². The normalized spacial score (nSPS) is 17.6. The van der Waals surface area contributed by atoms with Gasteiger partial charge in [-0.15, -0.1) is 0 Å². The number of nitrogens with zero attached hydrogens (tertiary/aromatic N) is 3. The summed E-state index contributed by atoms with van der Waals surface area (Å²) >= 11 is 0. The fraction of sp³-hybridized carbons (Fsp3) is 0.286. The van der Waals surface area contributed by atoms with E-state index >= 15 is 0 Å². The van der Waals surface area contributed by atoms with E-state index in [-0.39, 0.29) is 5.91 Å². The Hall–Kier alpha value is -2.75. The predicted octanol–water partition coefficient (Wildman–Crippen LogP) is 3.58. The molecule has 1 amide bonds. The quantitative estimate of drug-likeness (QED) is 0.737. The molecule has 0 aliphatic carbocycles. The van der Waals surface area contributed by atoms with Gasteiger partial charge >= 0.3 is 0 Å². The standard InChI is InChI=1S/C21H21N3O/c25-21(13-16-7-8-17-4-1-2-5-18(17)12-16)24-11-3-6-19(15-24)20-14-22-9-10-23-20/h1-2,4-5,7-10,12,14,19H,3,6,11,13,15H2/t19-/m1/s1. The van der Waals surface area contributed by atoms with Crippen LogP contribution < -0.4 is 0 Å². The van der Waals surface area contributed by atoms with Crippen LogP contribution in [0.2, 0.25) is 0 Å². The third-order valence-corrected chi connectivity index (χ3v) is 4.94. The van der Waals surface area contributed by atoms with Crippen molar-refractivity contribution < 1.29 is 4.79 Å². The van der Waals surface area contributed by atoms with Crippen molar-refractivity contribution in [3.8, 4) is 0 Å².